The third-order valence-electron chi connectivity index (χ3n) is 3.40. The lowest BCUT2D eigenvalue weighted by Crippen LogP contribution is -2.02. The van der Waals surface area contributed by atoms with Gasteiger partial charge in [0.25, 0.3) is 0 Å². The van der Waals surface area contributed by atoms with Crippen molar-refractivity contribution in [3.8, 4) is 11.1 Å². The molecule has 0 bridgehead atoms. The molecule has 0 radical (unpaired) electrons. The minimum Gasteiger partial charge on any atom is -0.481 e. The normalized spacial score (nSPS) is 11.0. The van der Waals surface area contributed by atoms with E-state index in [9.17, 15) is 14.0 Å². The number of aliphatic carboxylic acids is 1. The van der Waals surface area contributed by atoms with Crippen molar-refractivity contribution in [1.29, 1.82) is 0 Å². The van der Waals surface area contributed by atoms with Gasteiger partial charge < -0.3 is 14.5 Å². The van der Waals surface area contributed by atoms with E-state index in [-0.39, 0.29) is 30.2 Å². The van der Waals surface area contributed by atoms with E-state index >= 15 is 0 Å². The quantitative estimate of drug-likeness (QED) is 0.705. The van der Waals surface area contributed by atoms with E-state index in [1.165, 1.54) is 24.5 Å². The third-order valence-corrected chi connectivity index (χ3v) is 3.40. The van der Waals surface area contributed by atoms with Gasteiger partial charge in [-0.15, -0.1) is 0 Å². The number of carboxylic acids is 1. The average molecular weight is 301 g/mol. The van der Waals surface area contributed by atoms with E-state index in [0.717, 1.165) is 11.1 Å². The van der Waals surface area contributed by atoms with Crippen molar-refractivity contribution in [2.45, 2.75) is 12.8 Å². The van der Waals surface area contributed by atoms with Crippen LogP contribution >= 0.6 is 0 Å². The number of H-pyrrole nitrogens is 1. The molecule has 0 saturated carbocycles. The zero-order chi connectivity index (χ0) is 15.7. The second kappa shape index (κ2) is 5.48. The van der Waals surface area contributed by atoms with Crippen LogP contribution in [-0.4, -0.2) is 21.8 Å². The summed E-state index contributed by atoms with van der Waals surface area (Å²) in [6.45, 7) is 0. The number of carboxylic acid groups (broad SMARTS) is 1. The van der Waals surface area contributed by atoms with Gasteiger partial charge in [0.15, 0.2) is 11.5 Å². The second-order valence-electron chi connectivity index (χ2n) is 4.91. The van der Waals surface area contributed by atoms with Crippen LogP contribution in [0.3, 0.4) is 0 Å². The summed E-state index contributed by atoms with van der Waals surface area (Å²) in [7, 11) is 0. The van der Waals surface area contributed by atoms with E-state index in [0.29, 0.717) is 10.9 Å². The highest BCUT2D eigenvalue weighted by Gasteiger charge is 2.15. The average Bonchev–Trinajstić information content (AvgIpc) is 3.10. The van der Waals surface area contributed by atoms with Crippen molar-refractivity contribution < 1.29 is 23.5 Å². The summed E-state index contributed by atoms with van der Waals surface area (Å²) in [5.74, 6) is -1.66. The van der Waals surface area contributed by atoms with Crippen molar-refractivity contribution in [3.05, 3.63) is 48.3 Å². The van der Waals surface area contributed by atoms with Crippen molar-refractivity contribution in [2.24, 2.45) is 0 Å². The van der Waals surface area contributed by atoms with Crippen molar-refractivity contribution in [2.75, 3.05) is 0 Å². The minimum absolute atomic E-state index is 0.0991. The summed E-state index contributed by atoms with van der Waals surface area (Å²) >= 11 is 0. The Balaban J connectivity index is 1.91. The molecule has 2 aromatic heterocycles. The Kier molecular flexibility index (Phi) is 3.50. The van der Waals surface area contributed by atoms with Crippen LogP contribution in [0.25, 0.3) is 22.0 Å². The van der Waals surface area contributed by atoms with E-state index in [4.69, 9.17) is 9.52 Å². The predicted molar refractivity (Wildman–Crippen MR) is 77.2 cm³/mol. The predicted octanol–water partition coefficient (Wildman–Crippen LogP) is 3.61. The highest BCUT2D eigenvalue weighted by molar-refractivity contribution is 5.99. The van der Waals surface area contributed by atoms with Crippen LogP contribution in [0, 0.1) is 5.82 Å². The summed E-state index contributed by atoms with van der Waals surface area (Å²) in [6, 6.07) is 5.93. The van der Waals surface area contributed by atoms with Crippen LogP contribution in [0.2, 0.25) is 0 Å². The number of rotatable bonds is 5. The lowest BCUT2D eigenvalue weighted by molar-refractivity contribution is -0.136. The Labute approximate surface area is 124 Å². The maximum Gasteiger partial charge on any atom is 0.303 e. The van der Waals surface area contributed by atoms with Gasteiger partial charge in [-0.2, -0.15) is 0 Å². The van der Waals surface area contributed by atoms with Crippen molar-refractivity contribution >= 4 is 22.7 Å². The maximum absolute atomic E-state index is 13.4. The molecule has 112 valence electrons. The molecule has 0 aliphatic heterocycles. The number of nitrogens with one attached hydrogen (secondary N) is 1. The first kappa shape index (κ1) is 14.1. The Hall–Kier alpha value is -2.89. The van der Waals surface area contributed by atoms with Gasteiger partial charge in [-0.25, -0.2) is 4.39 Å². The van der Waals surface area contributed by atoms with Crippen LogP contribution in [0.15, 0.2) is 41.1 Å². The van der Waals surface area contributed by atoms with Crippen LogP contribution in [0.4, 0.5) is 4.39 Å². The number of furan rings is 1. The van der Waals surface area contributed by atoms with E-state index < -0.39 is 5.97 Å². The van der Waals surface area contributed by atoms with Crippen LogP contribution in [-0.2, 0) is 4.79 Å². The summed E-state index contributed by atoms with van der Waals surface area (Å²) in [4.78, 5) is 25.3. The molecule has 22 heavy (non-hydrogen) atoms. The van der Waals surface area contributed by atoms with E-state index in [1.54, 1.807) is 12.3 Å². The first-order valence-electron chi connectivity index (χ1n) is 6.65. The van der Waals surface area contributed by atoms with Crippen LogP contribution in [0.5, 0.6) is 0 Å². The number of halogens is 1. The molecule has 0 fully saturated rings. The molecule has 2 N–H and O–H groups in total. The highest BCUT2D eigenvalue weighted by Crippen LogP contribution is 2.30. The Bertz CT molecular complexity index is 862. The lowest BCUT2D eigenvalue weighted by atomic mass is 10.1. The zero-order valence-electron chi connectivity index (χ0n) is 11.4. The van der Waals surface area contributed by atoms with Crippen molar-refractivity contribution in [1.82, 2.24) is 4.98 Å². The van der Waals surface area contributed by atoms with Gasteiger partial charge in [0.1, 0.15) is 5.82 Å². The fraction of sp³-hybridized carbons (Fsp3) is 0.125. The molecule has 5 nitrogen and oxygen atoms in total. The number of Topliss-reactive ketones (excluding diaryl/α,β-unsaturated/α-hetero) is 1. The Morgan fingerprint density at radius 1 is 1.23 bits per heavy atom. The fourth-order valence-corrected chi connectivity index (χ4v) is 2.30. The molecule has 0 saturated heterocycles. The van der Waals surface area contributed by atoms with Gasteiger partial charge in [-0.1, -0.05) is 0 Å². The van der Waals surface area contributed by atoms with Gasteiger partial charge in [0.2, 0.25) is 0 Å². The standard InChI is InChI=1S/C16H12FNO4/c17-10-1-2-13-11(6-10)12(7-18-13)9-5-15(22-8-9)14(19)3-4-16(20)21/h1-2,5-8,18H,3-4H2,(H,20,21). The SMILES string of the molecule is O=C(O)CCC(=O)c1cc(-c2c[nH]c3ccc(F)cc23)co1. The maximum atomic E-state index is 13.4. The van der Waals surface area contributed by atoms with Gasteiger partial charge in [-0.05, 0) is 24.3 Å². The molecule has 0 unspecified atom stereocenters. The smallest absolute Gasteiger partial charge is 0.303 e. The topological polar surface area (TPSA) is 83.3 Å². The van der Waals surface area contributed by atoms with Gasteiger partial charge in [-0.3, -0.25) is 9.59 Å². The number of fused-ring (bicyclic) bond motifs is 1. The van der Waals surface area contributed by atoms with Crippen LogP contribution in [0.1, 0.15) is 23.4 Å². The molecular weight excluding hydrogens is 289 g/mol. The molecule has 1 aromatic carbocycles. The number of carbonyl (C=O) groups is 2. The zero-order valence-corrected chi connectivity index (χ0v) is 11.4. The van der Waals surface area contributed by atoms with Gasteiger partial charge >= 0.3 is 5.97 Å². The first-order chi connectivity index (χ1) is 10.5. The first-order valence-corrected chi connectivity index (χ1v) is 6.65. The van der Waals surface area contributed by atoms with E-state index in [2.05, 4.69) is 4.98 Å². The molecule has 0 aliphatic carbocycles. The largest absolute Gasteiger partial charge is 0.481 e. The number of ketones is 1. The van der Waals surface area contributed by atoms with E-state index in [1.807, 2.05) is 0 Å². The van der Waals surface area contributed by atoms with Crippen LogP contribution < -0.4 is 0 Å². The summed E-state index contributed by atoms with van der Waals surface area (Å²) in [6.07, 6.45) is 2.75. The molecule has 6 heteroatoms. The number of aromatic nitrogens is 1. The molecule has 2 heterocycles. The van der Waals surface area contributed by atoms with Crippen molar-refractivity contribution in [3.63, 3.8) is 0 Å². The lowest BCUT2D eigenvalue weighted by Gasteiger charge is -1.95. The molecule has 0 atom stereocenters. The minimum atomic E-state index is -1.03. The summed E-state index contributed by atoms with van der Waals surface area (Å²) in [5, 5.41) is 9.27. The number of hydrogen-bond donors (Lipinski definition) is 2. The molecule has 0 spiro atoms. The summed E-state index contributed by atoms with van der Waals surface area (Å²) in [5.41, 5.74) is 2.13. The number of hydrogen-bond acceptors (Lipinski definition) is 3. The Morgan fingerprint density at radius 3 is 2.82 bits per heavy atom. The van der Waals surface area contributed by atoms with Gasteiger partial charge in [0, 0.05) is 34.6 Å². The summed E-state index contributed by atoms with van der Waals surface area (Å²) < 4.78 is 18.6. The number of benzene rings is 1. The molecule has 3 aromatic rings. The molecular formula is C16H12FNO4. The second-order valence-corrected chi connectivity index (χ2v) is 4.91. The molecule has 0 aliphatic rings. The highest BCUT2D eigenvalue weighted by atomic mass is 19.1. The molecule has 0 amide bonds. The molecule has 3 rings (SSSR count). The fourth-order valence-electron chi connectivity index (χ4n) is 2.30. The monoisotopic (exact) mass is 301 g/mol. The Morgan fingerprint density at radius 2 is 2.05 bits per heavy atom. The van der Waals surface area contributed by atoms with Gasteiger partial charge in [0.05, 0.1) is 12.7 Å². The number of aromatic amines is 1. The number of carbonyl (C=O) groups excluding carboxylic acids is 1. The third kappa shape index (κ3) is 2.63.